The fourth-order valence-corrected chi connectivity index (χ4v) is 10.5. The minimum atomic E-state index is -2.25. The number of carbonyl (C=O) groups excluding carboxylic acids is 10. The van der Waals surface area contributed by atoms with Gasteiger partial charge in [0.1, 0.15) is 97.2 Å². The number of anilines is 2. The van der Waals surface area contributed by atoms with Crippen molar-refractivity contribution >= 4 is 118 Å². The average molecular weight is 1680 g/mol. The van der Waals surface area contributed by atoms with E-state index in [2.05, 4.69) is 85.7 Å². The molecule has 1 aromatic carbocycles. The molecule has 10 amide bonds. The lowest BCUT2D eigenvalue weighted by molar-refractivity contribution is -0.142. The number of aliphatic carboxylic acids is 4. The van der Waals surface area contributed by atoms with Crippen LogP contribution in [0, 0.1) is 0 Å². The molecule has 0 aliphatic rings. The van der Waals surface area contributed by atoms with Crippen LogP contribution < -0.4 is 69.8 Å². The van der Waals surface area contributed by atoms with Gasteiger partial charge >= 0.3 is 23.9 Å². The van der Waals surface area contributed by atoms with E-state index in [-0.39, 0.29) is 34.9 Å². The SMILES string of the molecule is Nc1nc2ncc(CNc3ccc(C(=O)N[C@@H](CCC(=O)N[C@@H](CCC(=O)NC[C@H](O)[C@@H](O)[C@H](O)[C@H](O)CO)C(=O)N[C@@H](CCC(=O)O)C(=O)N[C@@H](CCC(=O)NC[C@H](O)[C@@H](O)[C@H](O)[C@H](O)CO)C(=O)N[C@@H](CCC(=O)O)C(=O)N[C@@H](CCC(=O)NC[C@H](O)[C@@H](O)[C@H](O)[C@H](O)CO)C(=O)N[C@@H](CS)C(=O)O)C(=O)O)cc3)nc2c(=O)[nH]1. The number of hydrogen-bond donors (Lipinski definition) is 33. The highest BCUT2D eigenvalue weighted by atomic mass is 32.1. The van der Waals surface area contributed by atoms with Gasteiger partial charge in [-0.05, 0) is 62.8 Å². The van der Waals surface area contributed by atoms with Gasteiger partial charge in [-0.2, -0.15) is 17.6 Å². The Hall–Kier alpha value is -10.6. The first-order valence-corrected chi connectivity index (χ1v) is 36.0. The van der Waals surface area contributed by atoms with Crippen LogP contribution >= 0.6 is 12.6 Å². The summed E-state index contributed by atoms with van der Waals surface area (Å²) < 4.78 is 0. The maximum absolute atomic E-state index is 14.6. The number of thiol groups is 1. The van der Waals surface area contributed by atoms with Crippen molar-refractivity contribution in [2.24, 2.45) is 0 Å². The number of benzene rings is 1. The number of aromatic amines is 1. The van der Waals surface area contributed by atoms with Crippen molar-refractivity contribution in [1.29, 1.82) is 0 Å². The first-order chi connectivity index (χ1) is 54.5. The number of rotatable bonds is 55. The number of fused-ring (bicyclic) bond motifs is 1. The van der Waals surface area contributed by atoms with Crippen molar-refractivity contribution in [1.82, 2.24) is 73.1 Å². The minimum Gasteiger partial charge on any atom is -0.481 e. The van der Waals surface area contributed by atoms with Crippen molar-refractivity contribution in [3.05, 3.63) is 52.1 Å². The molecule has 2 aromatic heterocycles. The number of carboxylic acid groups (broad SMARTS) is 4. The van der Waals surface area contributed by atoms with E-state index in [0.717, 1.165) is 0 Å². The lowest BCUT2D eigenvalue weighted by atomic mass is 10.0. The summed E-state index contributed by atoms with van der Waals surface area (Å²) in [6, 6.07) is -9.01. The second-order valence-corrected chi connectivity index (χ2v) is 26.4. The van der Waals surface area contributed by atoms with Crippen LogP contribution in [-0.4, -0.2) is 361 Å². The third kappa shape index (κ3) is 34.0. The highest BCUT2D eigenvalue weighted by molar-refractivity contribution is 7.80. The summed E-state index contributed by atoms with van der Waals surface area (Å²) in [5.74, 6) is -20.5. The van der Waals surface area contributed by atoms with Crippen molar-refractivity contribution in [3.63, 3.8) is 0 Å². The lowest BCUT2D eigenvalue weighted by Crippen LogP contribution is -2.59. The van der Waals surface area contributed by atoms with E-state index >= 15 is 0 Å². The molecule has 116 heavy (non-hydrogen) atoms. The maximum atomic E-state index is 14.6. The van der Waals surface area contributed by atoms with Gasteiger partial charge in [-0.1, -0.05) is 0 Å². The molecular weight excluding hydrogens is 1580 g/mol. The van der Waals surface area contributed by atoms with Gasteiger partial charge in [0.2, 0.25) is 59.1 Å². The molecule has 50 nitrogen and oxygen atoms in total. The Labute approximate surface area is 660 Å². The number of aromatic nitrogens is 4. The number of amides is 10. The van der Waals surface area contributed by atoms with Gasteiger partial charge in [-0.25, -0.2) is 19.6 Å². The Balaban J connectivity index is 2.05. The average Bonchev–Trinajstić information content (AvgIpc) is 0.810. The number of carboxylic acids is 4. The van der Waals surface area contributed by atoms with Crippen molar-refractivity contribution in [3.8, 4) is 0 Å². The zero-order valence-electron chi connectivity index (χ0n) is 61.5. The normalized spacial score (nSPS) is 16.3. The molecule has 2 heterocycles. The zero-order chi connectivity index (χ0) is 87.4. The van der Waals surface area contributed by atoms with Crippen LogP contribution in [0.2, 0.25) is 0 Å². The van der Waals surface area contributed by atoms with Crippen LogP contribution in [0.3, 0.4) is 0 Å². The molecule has 0 saturated carbocycles. The topological polar surface area (TPSA) is 853 Å². The summed E-state index contributed by atoms with van der Waals surface area (Å²) >= 11 is 3.87. The summed E-state index contributed by atoms with van der Waals surface area (Å²) in [5, 5.41) is 212. The Morgan fingerprint density at radius 2 is 0.741 bits per heavy atom. The molecule has 0 saturated heterocycles. The van der Waals surface area contributed by atoms with E-state index in [9.17, 15) is 164 Å². The Bertz CT molecular complexity index is 3870. The summed E-state index contributed by atoms with van der Waals surface area (Å²) in [5.41, 5.74) is 5.35. The van der Waals surface area contributed by atoms with E-state index < -0.39 is 326 Å². The number of nitrogen functional groups attached to an aromatic ring is 1. The predicted octanol–water partition coefficient (Wildman–Crippen LogP) is -14.5. The van der Waals surface area contributed by atoms with E-state index in [1.165, 1.54) is 30.5 Å². The van der Waals surface area contributed by atoms with Gasteiger partial charge in [0.15, 0.2) is 11.2 Å². The standard InChI is InChI=1S/C65H98N16O34S/c66-65-80-55-48(62(111)81-65)72-28(18-71-55)17-67-27-3-1-26(2-4-27)56(105)78-34(63(112)113)8-14-45(94)73-29(5-11-42(91)68-19-36(85)49(99)52(102)39(88)22-82)57(106)76-32(9-15-46(95)96)59(108)74-30(6-12-43(92)69-20-37(86)50(100)53(103)40(89)23-83)58(107)77-33(10-16-47(97)98)60(109)75-31(61(110)79-35(25-116)64(114)115)7-13-44(93)70-21-38(87)51(101)54(104)41(90)24-84/h1-4,18,29-41,49-54,67,82-90,99-104,116H,5-17,19-25H2,(H,68,91)(H,69,92)(H,70,93)(H,73,94)(H,74,108)(H,75,109)(H,76,106)(H,77,107)(H,78,105)(H,79,110)(H,95,96)(H,97,98)(H,112,113)(H,114,115)(H3,66,71,80,81,111)/t29-,30-,31-,32-,33-,34-,35-,36-,37-,38-,39+,40+,41+,49+,50+,51+,52+,53+,54+/m0/s1. The van der Waals surface area contributed by atoms with E-state index in [0.29, 0.717) is 5.69 Å². The van der Waals surface area contributed by atoms with Crippen LogP contribution in [0.5, 0.6) is 0 Å². The van der Waals surface area contributed by atoms with Gasteiger partial charge in [0, 0.05) is 75.2 Å². The summed E-state index contributed by atoms with van der Waals surface area (Å²) in [4.78, 5) is 214. The first kappa shape index (κ1) is 99.6. The summed E-state index contributed by atoms with van der Waals surface area (Å²) in [6.45, 7) is -5.97. The molecule has 648 valence electrons. The molecule has 3 rings (SSSR count). The van der Waals surface area contributed by atoms with Gasteiger partial charge in [0.05, 0.1) is 56.6 Å². The van der Waals surface area contributed by atoms with Gasteiger partial charge in [-0.3, -0.25) is 67.3 Å². The number of hydrogen-bond acceptors (Lipinski definition) is 36. The summed E-state index contributed by atoms with van der Waals surface area (Å²) in [7, 11) is 0. The molecule has 0 aliphatic heterocycles. The van der Waals surface area contributed by atoms with E-state index in [1.807, 2.05) is 5.32 Å². The highest BCUT2D eigenvalue weighted by Gasteiger charge is 2.38. The molecule has 0 fully saturated rings. The number of H-pyrrole nitrogens is 1. The Morgan fingerprint density at radius 1 is 0.414 bits per heavy atom. The molecule has 33 N–H and O–H groups in total. The first-order valence-electron chi connectivity index (χ1n) is 35.3. The molecule has 0 spiro atoms. The molecule has 19 atom stereocenters. The molecule has 0 bridgehead atoms. The molecule has 0 radical (unpaired) electrons. The zero-order valence-corrected chi connectivity index (χ0v) is 62.4. The smallest absolute Gasteiger partial charge is 0.327 e. The van der Waals surface area contributed by atoms with Crippen LogP contribution in [0.1, 0.15) is 93.1 Å². The van der Waals surface area contributed by atoms with E-state index in [4.69, 9.17) is 10.8 Å². The predicted molar refractivity (Wildman–Crippen MR) is 391 cm³/mol. The molecular formula is C65H98N16O34S. The van der Waals surface area contributed by atoms with Gasteiger partial charge in [0.25, 0.3) is 11.5 Å². The van der Waals surface area contributed by atoms with Crippen molar-refractivity contribution in [2.75, 3.05) is 56.3 Å². The quantitative estimate of drug-likeness (QED) is 0.0233. The molecule has 0 unspecified atom stereocenters. The third-order valence-corrected chi connectivity index (χ3v) is 17.5. The Morgan fingerprint density at radius 3 is 1.09 bits per heavy atom. The van der Waals surface area contributed by atoms with Crippen LogP contribution in [0.25, 0.3) is 11.2 Å². The Kier molecular flexibility index (Phi) is 42.9. The largest absolute Gasteiger partial charge is 0.481 e. The number of nitrogens with zero attached hydrogens (tertiary/aromatic N) is 3. The third-order valence-electron chi connectivity index (χ3n) is 17.1. The second-order valence-electron chi connectivity index (χ2n) is 26.1. The van der Waals surface area contributed by atoms with Crippen LogP contribution in [-0.2, 0) is 68.9 Å². The van der Waals surface area contributed by atoms with Gasteiger partial charge in [-0.15, -0.1) is 0 Å². The monoisotopic (exact) mass is 1680 g/mol. The second kappa shape index (κ2) is 50.0. The number of aliphatic hydroxyl groups is 15. The molecule has 51 heteroatoms. The number of aliphatic hydroxyl groups excluding tert-OH is 15. The fraction of sp³-hybridized carbons (Fsp3) is 0.600. The van der Waals surface area contributed by atoms with E-state index in [1.54, 1.807) is 0 Å². The van der Waals surface area contributed by atoms with Gasteiger partial charge < -0.3 is 161 Å². The number of nitrogens with two attached hydrogens (primary N) is 1. The fourth-order valence-electron chi connectivity index (χ4n) is 10.3. The van der Waals surface area contributed by atoms with Crippen molar-refractivity contribution in [2.45, 2.75) is 199 Å². The lowest BCUT2D eigenvalue weighted by Gasteiger charge is -2.28. The van der Waals surface area contributed by atoms with Crippen molar-refractivity contribution < 1.29 is 164 Å². The maximum Gasteiger partial charge on any atom is 0.327 e. The molecule has 3 aromatic rings. The minimum absolute atomic E-state index is 0.00179. The van der Waals surface area contributed by atoms with Crippen LogP contribution in [0.15, 0.2) is 35.3 Å². The number of carbonyl (C=O) groups is 14. The summed E-state index contributed by atoms with van der Waals surface area (Å²) in [6.07, 6.45) is -34.8. The van der Waals surface area contributed by atoms with Crippen LogP contribution in [0.4, 0.5) is 11.6 Å². The highest BCUT2D eigenvalue weighted by Crippen LogP contribution is 2.16. The molecule has 0 aliphatic carbocycles. The number of nitrogens with one attached hydrogen (secondary N) is 12.